The molecular weight excluding hydrogens is 450 g/mol. The summed E-state index contributed by atoms with van der Waals surface area (Å²) >= 11 is 0. The molecule has 0 saturated carbocycles. The molecule has 0 N–H and O–H groups in total. The van der Waals surface area contributed by atoms with E-state index in [1.807, 2.05) is 24.3 Å². The Morgan fingerprint density at radius 1 is 0.771 bits per heavy atom. The van der Waals surface area contributed by atoms with Crippen molar-refractivity contribution in [3.8, 4) is 28.4 Å². The zero-order chi connectivity index (χ0) is 23.8. The molecule has 6 aromatic rings. The minimum absolute atomic E-state index is 0.0407. The topological polar surface area (TPSA) is 78.1 Å². The van der Waals surface area contributed by atoms with Crippen molar-refractivity contribution in [2.24, 2.45) is 0 Å². The van der Waals surface area contributed by atoms with E-state index in [4.69, 9.17) is 4.74 Å². The monoisotopic (exact) mass is 466 g/mol. The molecule has 35 heavy (non-hydrogen) atoms. The molecule has 0 bridgehead atoms. The van der Waals surface area contributed by atoms with E-state index < -0.39 is 11.6 Å². The SMILES string of the molecule is Fc1ccccc1-c1c(OCc2cnc3ccccc3n2)nn2c(-c3ccccc3F)nncc12. The van der Waals surface area contributed by atoms with Crippen molar-refractivity contribution in [3.63, 3.8) is 0 Å². The first-order valence-electron chi connectivity index (χ1n) is 10.8. The zero-order valence-corrected chi connectivity index (χ0v) is 18.1. The predicted molar refractivity (Wildman–Crippen MR) is 125 cm³/mol. The van der Waals surface area contributed by atoms with Crippen LogP contribution in [0.1, 0.15) is 5.69 Å². The summed E-state index contributed by atoms with van der Waals surface area (Å²) in [7, 11) is 0. The molecule has 0 aliphatic rings. The maximum Gasteiger partial charge on any atom is 0.242 e. The van der Waals surface area contributed by atoms with Gasteiger partial charge in [0, 0.05) is 5.56 Å². The highest BCUT2D eigenvalue weighted by atomic mass is 19.1. The molecule has 0 radical (unpaired) electrons. The van der Waals surface area contributed by atoms with Gasteiger partial charge in [0.15, 0.2) is 5.82 Å². The largest absolute Gasteiger partial charge is 0.470 e. The van der Waals surface area contributed by atoms with Crippen LogP contribution in [0.25, 0.3) is 39.1 Å². The summed E-state index contributed by atoms with van der Waals surface area (Å²) in [6.07, 6.45) is 3.07. The Balaban J connectivity index is 1.49. The van der Waals surface area contributed by atoms with E-state index in [-0.39, 0.29) is 29.4 Å². The second-order valence-electron chi connectivity index (χ2n) is 7.74. The number of benzene rings is 3. The fourth-order valence-corrected chi connectivity index (χ4v) is 3.91. The highest BCUT2D eigenvalue weighted by Crippen LogP contribution is 2.37. The molecule has 0 unspecified atom stereocenters. The molecule has 3 aromatic carbocycles. The van der Waals surface area contributed by atoms with Gasteiger partial charge in [-0.3, -0.25) is 4.98 Å². The molecule has 0 amide bonds. The number of hydrogen-bond donors (Lipinski definition) is 0. The van der Waals surface area contributed by atoms with Gasteiger partial charge in [-0.25, -0.2) is 18.3 Å². The average Bonchev–Trinajstić information content (AvgIpc) is 3.26. The van der Waals surface area contributed by atoms with Gasteiger partial charge in [0.05, 0.1) is 40.2 Å². The van der Waals surface area contributed by atoms with E-state index in [0.717, 1.165) is 11.0 Å². The Kier molecular flexibility index (Phi) is 5.07. The minimum atomic E-state index is -0.480. The fraction of sp³-hybridized carbons (Fsp3) is 0.0385. The van der Waals surface area contributed by atoms with Crippen LogP contribution < -0.4 is 4.74 Å². The van der Waals surface area contributed by atoms with Gasteiger partial charge in [0.1, 0.15) is 23.8 Å². The quantitative estimate of drug-likeness (QED) is 0.345. The molecule has 9 heteroatoms. The molecule has 6 rings (SSSR count). The van der Waals surface area contributed by atoms with Crippen LogP contribution in [0, 0.1) is 11.6 Å². The van der Waals surface area contributed by atoms with Gasteiger partial charge < -0.3 is 4.74 Å². The summed E-state index contributed by atoms with van der Waals surface area (Å²) in [5, 5.41) is 12.7. The number of fused-ring (bicyclic) bond motifs is 2. The Morgan fingerprint density at radius 3 is 2.23 bits per heavy atom. The first-order chi connectivity index (χ1) is 17.2. The van der Waals surface area contributed by atoms with Crippen LogP contribution in [0.2, 0.25) is 0 Å². The highest BCUT2D eigenvalue weighted by molar-refractivity contribution is 5.85. The summed E-state index contributed by atoms with van der Waals surface area (Å²) in [4.78, 5) is 8.98. The van der Waals surface area contributed by atoms with Crippen molar-refractivity contribution >= 4 is 16.6 Å². The van der Waals surface area contributed by atoms with Crippen LogP contribution in [-0.2, 0) is 6.61 Å². The van der Waals surface area contributed by atoms with E-state index >= 15 is 0 Å². The van der Waals surface area contributed by atoms with Crippen LogP contribution >= 0.6 is 0 Å². The second-order valence-corrected chi connectivity index (χ2v) is 7.74. The third-order valence-electron chi connectivity index (χ3n) is 5.54. The average molecular weight is 466 g/mol. The summed E-state index contributed by atoms with van der Waals surface area (Å²) in [5.41, 5.74) is 3.35. The maximum atomic E-state index is 14.9. The number of ether oxygens (including phenoxy) is 1. The third kappa shape index (κ3) is 3.72. The van der Waals surface area contributed by atoms with E-state index in [1.165, 1.54) is 22.8 Å². The predicted octanol–water partition coefficient (Wildman–Crippen LogP) is 5.26. The van der Waals surface area contributed by atoms with Gasteiger partial charge in [-0.15, -0.1) is 10.2 Å². The Morgan fingerprint density at radius 2 is 1.46 bits per heavy atom. The molecule has 3 aromatic heterocycles. The van der Waals surface area contributed by atoms with Gasteiger partial charge in [0.2, 0.25) is 5.88 Å². The van der Waals surface area contributed by atoms with Crippen molar-refractivity contribution in [3.05, 3.63) is 103 Å². The smallest absolute Gasteiger partial charge is 0.242 e. The van der Waals surface area contributed by atoms with Crippen molar-refractivity contribution in [2.45, 2.75) is 6.61 Å². The molecule has 0 spiro atoms. The summed E-state index contributed by atoms with van der Waals surface area (Å²) in [6, 6.07) is 20.0. The molecule has 0 atom stereocenters. The van der Waals surface area contributed by atoms with Gasteiger partial charge in [-0.2, -0.15) is 5.10 Å². The molecule has 170 valence electrons. The van der Waals surface area contributed by atoms with Crippen LogP contribution in [0.4, 0.5) is 8.78 Å². The lowest BCUT2D eigenvalue weighted by atomic mass is 10.1. The van der Waals surface area contributed by atoms with Crippen LogP contribution in [0.3, 0.4) is 0 Å². The van der Waals surface area contributed by atoms with Crippen molar-refractivity contribution in [1.82, 2.24) is 29.8 Å². The van der Waals surface area contributed by atoms with Gasteiger partial charge in [-0.1, -0.05) is 42.5 Å². The standard InChI is InChI=1S/C26H16F2N6O/c27-19-9-3-1-7-17(19)24-23-14-30-32-25(18-8-2-4-10-20(18)28)34(23)33-26(24)35-15-16-13-29-21-11-5-6-12-22(21)31-16/h1-14H,15H2. The number of hydrogen-bond acceptors (Lipinski definition) is 6. The Labute approximate surface area is 197 Å². The fourth-order valence-electron chi connectivity index (χ4n) is 3.91. The van der Waals surface area contributed by atoms with Gasteiger partial charge >= 0.3 is 0 Å². The third-order valence-corrected chi connectivity index (χ3v) is 5.54. The molecule has 0 aliphatic carbocycles. The van der Waals surface area contributed by atoms with E-state index in [1.54, 1.807) is 42.6 Å². The Hall–Kier alpha value is -4.79. The molecule has 7 nitrogen and oxygen atoms in total. The maximum absolute atomic E-state index is 14.9. The summed E-state index contributed by atoms with van der Waals surface area (Å²) in [5.74, 6) is -0.635. The number of halogens is 2. The highest BCUT2D eigenvalue weighted by Gasteiger charge is 2.23. The first kappa shape index (κ1) is 20.8. The van der Waals surface area contributed by atoms with Crippen LogP contribution in [0.15, 0.2) is 85.2 Å². The Bertz CT molecular complexity index is 1700. The second kappa shape index (κ2) is 8.53. The van der Waals surface area contributed by atoms with Gasteiger partial charge in [0.25, 0.3) is 0 Å². The van der Waals surface area contributed by atoms with Gasteiger partial charge in [-0.05, 0) is 30.3 Å². The van der Waals surface area contributed by atoms with Crippen LogP contribution in [0.5, 0.6) is 5.88 Å². The number of para-hydroxylation sites is 2. The molecule has 3 heterocycles. The summed E-state index contributed by atoms with van der Waals surface area (Å²) < 4.78 is 36.9. The molecular formula is C26H16F2N6O. The minimum Gasteiger partial charge on any atom is -0.470 e. The normalized spacial score (nSPS) is 11.3. The molecule has 0 saturated heterocycles. The lowest BCUT2D eigenvalue weighted by Crippen LogP contribution is -2.02. The first-order valence-corrected chi connectivity index (χ1v) is 10.8. The van der Waals surface area contributed by atoms with Crippen molar-refractivity contribution in [2.75, 3.05) is 0 Å². The van der Waals surface area contributed by atoms with E-state index in [0.29, 0.717) is 16.8 Å². The zero-order valence-electron chi connectivity index (χ0n) is 18.1. The number of nitrogens with zero attached hydrogens (tertiary/aromatic N) is 6. The summed E-state index contributed by atoms with van der Waals surface area (Å²) in [6.45, 7) is 0.0407. The van der Waals surface area contributed by atoms with E-state index in [9.17, 15) is 8.78 Å². The van der Waals surface area contributed by atoms with Crippen LogP contribution in [-0.4, -0.2) is 29.8 Å². The number of aromatic nitrogens is 6. The molecule has 0 aliphatic heterocycles. The van der Waals surface area contributed by atoms with Crippen molar-refractivity contribution in [1.29, 1.82) is 0 Å². The number of rotatable bonds is 5. The van der Waals surface area contributed by atoms with E-state index in [2.05, 4.69) is 25.3 Å². The van der Waals surface area contributed by atoms with Crippen molar-refractivity contribution < 1.29 is 13.5 Å². The molecule has 0 fully saturated rings. The lowest BCUT2D eigenvalue weighted by molar-refractivity contribution is 0.289. The lowest BCUT2D eigenvalue weighted by Gasteiger charge is -2.07.